The molecule has 6 nitrogen and oxygen atoms in total. The first kappa shape index (κ1) is 20.0. The molecule has 2 aromatic rings. The standard InChI is InChI=1S/C21H23NO5/c1-3-5-20(23)26-15-4-14-25-19-12-8-17(9-13-19)21(24)27-22-18-10-6-16(2)7-11-18/h3,5-13,22H,4,14-15H2,1-2H3. The van der Waals surface area contributed by atoms with Gasteiger partial charge in [-0.1, -0.05) is 23.8 Å². The number of hydrogen-bond donors (Lipinski definition) is 1. The first-order valence-electron chi connectivity index (χ1n) is 8.64. The molecule has 2 aromatic carbocycles. The van der Waals surface area contributed by atoms with Crippen molar-refractivity contribution in [3.8, 4) is 5.75 Å². The Labute approximate surface area is 158 Å². The quantitative estimate of drug-likeness (QED) is 0.311. The van der Waals surface area contributed by atoms with E-state index in [-0.39, 0.29) is 12.6 Å². The number of ether oxygens (including phenoxy) is 2. The largest absolute Gasteiger partial charge is 0.493 e. The van der Waals surface area contributed by atoms with Gasteiger partial charge >= 0.3 is 11.9 Å². The zero-order valence-corrected chi connectivity index (χ0v) is 15.4. The first-order valence-corrected chi connectivity index (χ1v) is 8.64. The lowest BCUT2D eigenvalue weighted by Gasteiger charge is -2.09. The molecule has 0 radical (unpaired) electrons. The van der Waals surface area contributed by atoms with Crippen LogP contribution in [0.5, 0.6) is 5.75 Å². The molecule has 0 aromatic heterocycles. The van der Waals surface area contributed by atoms with Crippen LogP contribution in [0.15, 0.2) is 60.7 Å². The Kier molecular flexibility index (Phi) is 7.91. The Balaban J connectivity index is 1.71. The van der Waals surface area contributed by atoms with Gasteiger partial charge in [0.15, 0.2) is 0 Å². The van der Waals surface area contributed by atoms with Crippen molar-refractivity contribution < 1.29 is 23.9 Å². The molecule has 142 valence electrons. The predicted molar refractivity (Wildman–Crippen MR) is 103 cm³/mol. The Hall–Kier alpha value is -3.28. The van der Waals surface area contributed by atoms with Crippen LogP contribution in [0.4, 0.5) is 5.69 Å². The van der Waals surface area contributed by atoms with Gasteiger partial charge in [0.05, 0.1) is 24.5 Å². The molecule has 0 atom stereocenters. The van der Waals surface area contributed by atoms with E-state index in [9.17, 15) is 9.59 Å². The van der Waals surface area contributed by atoms with Gasteiger partial charge in [0, 0.05) is 12.5 Å². The van der Waals surface area contributed by atoms with Crippen LogP contribution >= 0.6 is 0 Å². The Morgan fingerprint density at radius 3 is 2.37 bits per heavy atom. The average Bonchev–Trinajstić information content (AvgIpc) is 2.68. The van der Waals surface area contributed by atoms with E-state index in [1.807, 2.05) is 31.2 Å². The molecule has 0 saturated heterocycles. The molecule has 0 aliphatic heterocycles. The molecule has 0 amide bonds. The van der Waals surface area contributed by atoms with E-state index in [4.69, 9.17) is 14.3 Å². The number of hydrogen-bond acceptors (Lipinski definition) is 6. The lowest BCUT2D eigenvalue weighted by atomic mass is 10.2. The predicted octanol–water partition coefficient (Wildman–Crippen LogP) is 4.07. The highest BCUT2D eigenvalue weighted by Crippen LogP contribution is 2.14. The second-order valence-corrected chi connectivity index (χ2v) is 5.75. The van der Waals surface area contributed by atoms with E-state index in [1.54, 1.807) is 37.3 Å². The number of esters is 1. The van der Waals surface area contributed by atoms with Crippen molar-refractivity contribution in [1.82, 2.24) is 0 Å². The lowest BCUT2D eigenvalue weighted by molar-refractivity contribution is -0.137. The van der Waals surface area contributed by atoms with Crippen molar-refractivity contribution in [2.24, 2.45) is 0 Å². The highest BCUT2D eigenvalue weighted by atomic mass is 16.7. The molecule has 0 aliphatic rings. The third-order valence-corrected chi connectivity index (χ3v) is 3.51. The van der Waals surface area contributed by atoms with E-state index in [1.165, 1.54) is 6.08 Å². The number of carbonyl (C=O) groups excluding carboxylic acids is 2. The maximum absolute atomic E-state index is 12.0. The van der Waals surface area contributed by atoms with Gasteiger partial charge in [0.2, 0.25) is 0 Å². The van der Waals surface area contributed by atoms with Crippen molar-refractivity contribution in [3.63, 3.8) is 0 Å². The van der Waals surface area contributed by atoms with E-state index < -0.39 is 5.97 Å². The summed E-state index contributed by atoms with van der Waals surface area (Å²) in [6, 6.07) is 14.1. The Morgan fingerprint density at radius 1 is 1.00 bits per heavy atom. The molecule has 0 bridgehead atoms. The SMILES string of the molecule is CC=CC(=O)OCCCOc1ccc(C(=O)ONc2ccc(C)cc2)cc1. The van der Waals surface area contributed by atoms with Crippen LogP contribution in [0.3, 0.4) is 0 Å². The van der Waals surface area contributed by atoms with E-state index in [0.29, 0.717) is 30.0 Å². The number of rotatable bonds is 9. The van der Waals surface area contributed by atoms with Gasteiger partial charge in [-0.25, -0.2) is 15.1 Å². The van der Waals surface area contributed by atoms with Gasteiger partial charge in [0.1, 0.15) is 5.75 Å². The zero-order valence-electron chi connectivity index (χ0n) is 15.4. The second-order valence-electron chi connectivity index (χ2n) is 5.75. The number of anilines is 1. The van der Waals surface area contributed by atoms with Crippen LogP contribution in [-0.2, 0) is 14.4 Å². The summed E-state index contributed by atoms with van der Waals surface area (Å²) in [6.45, 7) is 4.43. The summed E-state index contributed by atoms with van der Waals surface area (Å²) in [5.74, 6) is -0.226. The Bertz CT molecular complexity index is 766. The number of nitrogens with one attached hydrogen (secondary N) is 1. The van der Waals surface area contributed by atoms with Crippen LogP contribution in [0.25, 0.3) is 0 Å². The Morgan fingerprint density at radius 2 is 1.70 bits per heavy atom. The average molecular weight is 369 g/mol. The van der Waals surface area contributed by atoms with Crippen LogP contribution < -0.4 is 10.2 Å². The zero-order chi connectivity index (χ0) is 19.5. The molecule has 0 saturated carbocycles. The minimum atomic E-state index is -0.488. The van der Waals surface area contributed by atoms with Crippen molar-refractivity contribution in [2.45, 2.75) is 20.3 Å². The third-order valence-electron chi connectivity index (χ3n) is 3.51. The van der Waals surface area contributed by atoms with Crippen LogP contribution in [0, 0.1) is 6.92 Å². The second kappa shape index (κ2) is 10.7. The van der Waals surface area contributed by atoms with Crippen LogP contribution in [0.1, 0.15) is 29.3 Å². The molecule has 27 heavy (non-hydrogen) atoms. The minimum absolute atomic E-state index is 0.290. The molecule has 2 rings (SSSR count). The molecular formula is C21H23NO5. The smallest absolute Gasteiger partial charge is 0.362 e. The van der Waals surface area contributed by atoms with Gasteiger partial charge < -0.3 is 14.3 Å². The normalized spacial score (nSPS) is 10.4. The molecule has 0 spiro atoms. The van der Waals surface area contributed by atoms with Gasteiger partial charge in [-0.3, -0.25) is 0 Å². The lowest BCUT2D eigenvalue weighted by Crippen LogP contribution is -2.11. The summed E-state index contributed by atoms with van der Waals surface area (Å²) in [6.07, 6.45) is 3.57. The van der Waals surface area contributed by atoms with Crippen molar-refractivity contribution in [2.75, 3.05) is 18.7 Å². The fourth-order valence-electron chi connectivity index (χ4n) is 2.08. The first-order chi connectivity index (χ1) is 13.1. The highest BCUT2D eigenvalue weighted by molar-refractivity contribution is 5.90. The number of carbonyl (C=O) groups is 2. The third kappa shape index (κ3) is 7.23. The summed E-state index contributed by atoms with van der Waals surface area (Å²) in [4.78, 5) is 28.2. The molecular weight excluding hydrogens is 346 g/mol. The summed E-state index contributed by atoms with van der Waals surface area (Å²) < 4.78 is 10.5. The van der Waals surface area contributed by atoms with Gasteiger partial charge in [0.25, 0.3) is 0 Å². The van der Waals surface area contributed by atoms with Gasteiger partial charge in [-0.05, 0) is 50.2 Å². The highest BCUT2D eigenvalue weighted by Gasteiger charge is 2.08. The monoisotopic (exact) mass is 369 g/mol. The molecule has 0 unspecified atom stereocenters. The van der Waals surface area contributed by atoms with Gasteiger partial charge in [-0.15, -0.1) is 0 Å². The number of allylic oxidation sites excluding steroid dienone is 1. The van der Waals surface area contributed by atoms with Crippen molar-refractivity contribution >= 4 is 17.6 Å². The van der Waals surface area contributed by atoms with E-state index >= 15 is 0 Å². The topological polar surface area (TPSA) is 73.9 Å². The van der Waals surface area contributed by atoms with E-state index in [0.717, 1.165) is 5.56 Å². The van der Waals surface area contributed by atoms with Crippen LogP contribution in [0.2, 0.25) is 0 Å². The van der Waals surface area contributed by atoms with Crippen LogP contribution in [-0.4, -0.2) is 25.2 Å². The van der Waals surface area contributed by atoms with Crippen molar-refractivity contribution in [1.29, 1.82) is 0 Å². The summed E-state index contributed by atoms with van der Waals surface area (Å²) in [5.41, 5.74) is 4.85. The molecule has 1 N–H and O–H groups in total. The number of benzene rings is 2. The fourth-order valence-corrected chi connectivity index (χ4v) is 2.08. The van der Waals surface area contributed by atoms with Gasteiger partial charge in [-0.2, -0.15) is 0 Å². The molecule has 6 heteroatoms. The van der Waals surface area contributed by atoms with E-state index in [2.05, 4.69) is 5.48 Å². The summed E-state index contributed by atoms with van der Waals surface area (Å²) >= 11 is 0. The van der Waals surface area contributed by atoms with Crippen molar-refractivity contribution in [3.05, 3.63) is 71.8 Å². The minimum Gasteiger partial charge on any atom is -0.493 e. The summed E-state index contributed by atoms with van der Waals surface area (Å²) in [5, 5.41) is 0. The maximum Gasteiger partial charge on any atom is 0.362 e. The molecule has 0 aliphatic carbocycles. The summed E-state index contributed by atoms with van der Waals surface area (Å²) in [7, 11) is 0. The fraction of sp³-hybridized carbons (Fsp3) is 0.238. The maximum atomic E-state index is 12.0. The number of aryl methyl sites for hydroxylation is 1. The molecule has 0 heterocycles. The molecule has 0 fully saturated rings.